The van der Waals surface area contributed by atoms with Gasteiger partial charge in [0, 0.05) is 12.2 Å². The van der Waals surface area contributed by atoms with Crippen LogP contribution in [-0.2, 0) is 0 Å². The summed E-state index contributed by atoms with van der Waals surface area (Å²) >= 11 is 5.85. The number of halogens is 1. The molecule has 0 saturated heterocycles. The van der Waals surface area contributed by atoms with Crippen molar-refractivity contribution >= 4 is 23.2 Å². The van der Waals surface area contributed by atoms with Gasteiger partial charge in [-0.2, -0.15) is 15.0 Å². The minimum atomic E-state index is 0.117. The van der Waals surface area contributed by atoms with E-state index in [1.807, 2.05) is 42.2 Å². The predicted octanol–water partition coefficient (Wildman–Crippen LogP) is 2.69. The highest BCUT2D eigenvalue weighted by Crippen LogP contribution is 2.23. The maximum Gasteiger partial charge on any atom is 0.322 e. The molecule has 0 bridgehead atoms. The Morgan fingerprint density at radius 3 is 2.50 bits per heavy atom. The van der Waals surface area contributed by atoms with Crippen LogP contribution in [-0.4, -0.2) is 28.6 Å². The Labute approximate surface area is 110 Å². The Morgan fingerprint density at radius 2 is 1.89 bits per heavy atom. The highest BCUT2D eigenvalue weighted by molar-refractivity contribution is 6.28. The zero-order valence-electron chi connectivity index (χ0n) is 10.2. The summed E-state index contributed by atoms with van der Waals surface area (Å²) in [6.07, 6.45) is 0. The zero-order valence-corrected chi connectivity index (χ0v) is 10.9. The van der Waals surface area contributed by atoms with Crippen LogP contribution in [0.3, 0.4) is 0 Å². The van der Waals surface area contributed by atoms with Gasteiger partial charge in [0.25, 0.3) is 0 Å². The van der Waals surface area contributed by atoms with Crippen LogP contribution < -0.4 is 9.64 Å². The Balaban J connectivity index is 2.42. The van der Waals surface area contributed by atoms with Gasteiger partial charge in [0.05, 0.1) is 7.11 Å². The highest BCUT2D eigenvalue weighted by Gasteiger charge is 2.13. The average Bonchev–Trinajstić information content (AvgIpc) is 2.40. The maximum absolute atomic E-state index is 5.85. The summed E-state index contributed by atoms with van der Waals surface area (Å²) in [6.45, 7) is 2.73. The molecule has 0 aliphatic carbocycles. The van der Waals surface area contributed by atoms with Crippen molar-refractivity contribution in [1.82, 2.24) is 15.0 Å². The minimum Gasteiger partial charge on any atom is -0.467 e. The summed E-state index contributed by atoms with van der Waals surface area (Å²) < 4.78 is 4.99. The van der Waals surface area contributed by atoms with E-state index in [1.165, 1.54) is 7.11 Å². The van der Waals surface area contributed by atoms with E-state index in [-0.39, 0.29) is 11.3 Å². The monoisotopic (exact) mass is 264 g/mol. The van der Waals surface area contributed by atoms with Gasteiger partial charge < -0.3 is 9.64 Å². The third kappa shape index (κ3) is 2.68. The van der Waals surface area contributed by atoms with Gasteiger partial charge in [-0.3, -0.25) is 0 Å². The average molecular weight is 265 g/mol. The molecular weight excluding hydrogens is 252 g/mol. The Hall–Kier alpha value is -1.88. The smallest absolute Gasteiger partial charge is 0.322 e. The van der Waals surface area contributed by atoms with E-state index in [1.54, 1.807) is 0 Å². The van der Waals surface area contributed by atoms with E-state index in [0.717, 1.165) is 5.69 Å². The van der Waals surface area contributed by atoms with Crippen LogP contribution >= 0.6 is 11.6 Å². The lowest BCUT2D eigenvalue weighted by Gasteiger charge is -2.20. The fourth-order valence-electron chi connectivity index (χ4n) is 1.58. The SMILES string of the molecule is CCN(c1ccccc1)c1nc(Cl)nc(OC)n1. The van der Waals surface area contributed by atoms with Gasteiger partial charge in [0.15, 0.2) is 0 Å². The number of rotatable bonds is 4. The van der Waals surface area contributed by atoms with Crippen molar-refractivity contribution in [3.05, 3.63) is 35.6 Å². The summed E-state index contributed by atoms with van der Waals surface area (Å²) in [7, 11) is 1.49. The molecule has 0 saturated carbocycles. The van der Waals surface area contributed by atoms with Crippen LogP contribution in [0.2, 0.25) is 5.28 Å². The number of ether oxygens (including phenoxy) is 1. The van der Waals surface area contributed by atoms with E-state index < -0.39 is 0 Å². The Kier molecular flexibility index (Phi) is 3.94. The van der Waals surface area contributed by atoms with Gasteiger partial charge >= 0.3 is 6.01 Å². The molecule has 18 heavy (non-hydrogen) atoms. The number of hydrogen-bond donors (Lipinski definition) is 0. The van der Waals surface area contributed by atoms with Crippen molar-refractivity contribution in [2.24, 2.45) is 0 Å². The molecular formula is C12H13ClN4O. The lowest BCUT2D eigenvalue weighted by atomic mass is 10.3. The third-order valence-electron chi connectivity index (χ3n) is 2.38. The van der Waals surface area contributed by atoms with E-state index in [2.05, 4.69) is 15.0 Å². The number of hydrogen-bond acceptors (Lipinski definition) is 5. The molecule has 2 rings (SSSR count). The molecule has 0 fully saturated rings. The molecule has 1 aromatic carbocycles. The van der Waals surface area contributed by atoms with Crippen molar-refractivity contribution < 1.29 is 4.74 Å². The molecule has 2 aromatic rings. The van der Waals surface area contributed by atoms with Crippen molar-refractivity contribution in [3.63, 3.8) is 0 Å². The molecule has 0 amide bonds. The number of benzene rings is 1. The van der Waals surface area contributed by atoms with Crippen LogP contribution in [0.4, 0.5) is 11.6 Å². The fraction of sp³-hybridized carbons (Fsp3) is 0.250. The molecule has 0 radical (unpaired) electrons. The molecule has 1 aromatic heterocycles. The number of methoxy groups -OCH3 is 1. The molecule has 0 unspecified atom stereocenters. The zero-order chi connectivity index (χ0) is 13.0. The highest BCUT2D eigenvalue weighted by atomic mass is 35.5. The molecule has 5 nitrogen and oxygen atoms in total. The largest absolute Gasteiger partial charge is 0.467 e. The molecule has 6 heteroatoms. The Bertz CT molecular complexity index is 521. The molecule has 0 aliphatic heterocycles. The third-order valence-corrected chi connectivity index (χ3v) is 2.55. The van der Waals surface area contributed by atoms with Crippen LogP contribution in [0.15, 0.2) is 30.3 Å². The fourth-order valence-corrected chi connectivity index (χ4v) is 1.73. The van der Waals surface area contributed by atoms with Gasteiger partial charge in [-0.1, -0.05) is 18.2 Å². The number of anilines is 2. The van der Waals surface area contributed by atoms with Crippen LogP contribution in [0.1, 0.15) is 6.92 Å². The summed E-state index contributed by atoms with van der Waals surface area (Å²) in [4.78, 5) is 14.1. The van der Waals surface area contributed by atoms with E-state index in [9.17, 15) is 0 Å². The number of para-hydroxylation sites is 1. The summed E-state index contributed by atoms with van der Waals surface area (Å²) in [5, 5.41) is 0.117. The van der Waals surface area contributed by atoms with Crippen molar-refractivity contribution in [1.29, 1.82) is 0 Å². The molecule has 94 valence electrons. The van der Waals surface area contributed by atoms with Crippen molar-refractivity contribution in [3.8, 4) is 6.01 Å². The summed E-state index contributed by atoms with van der Waals surface area (Å²) in [5.41, 5.74) is 0.990. The van der Waals surface area contributed by atoms with Crippen LogP contribution in [0, 0.1) is 0 Å². The minimum absolute atomic E-state index is 0.117. The topological polar surface area (TPSA) is 51.1 Å². The lowest BCUT2D eigenvalue weighted by Crippen LogP contribution is -2.19. The Morgan fingerprint density at radius 1 is 1.17 bits per heavy atom. The van der Waals surface area contributed by atoms with Gasteiger partial charge in [0.1, 0.15) is 0 Å². The van der Waals surface area contributed by atoms with Gasteiger partial charge in [0.2, 0.25) is 11.2 Å². The second kappa shape index (κ2) is 5.64. The first-order valence-corrected chi connectivity index (χ1v) is 5.90. The lowest BCUT2D eigenvalue weighted by molar-refractivity contribution is 0.378. The predicted molar refractivity (Wildman–Crippen MR) is 70.5 cm³/mol. The summed E-state index contributed by atoms with van der Waals surface area (Å²) in [5.74, 6) is 0.473. The molecule has 0 spiro atoms. The maximum atomic E-state index is 5.85. The molecule has 0 aliphatic rings. The van der Waals surface area contributed by atoms with Gasteiger partial charge in [-0.25, -0.2) is 0 Å². The molecule has 1 heterocycles. The van der Waals surface area contributed by atoms with Crippen LogP contribution in [0.25, 0.3) is 0 Å². The first-order valence-electron chi connectivity index (χ1n) is 5.52. The van der Waals surface area contributed by atoms with E-state index in [4.69, 9.17) is 16.3 Å². The van der Waals surface area contributed by atoms with E-state index >= 15 is 0 Å². The van der Waals surface area contributed by atoms with Gasteiger partial charge in [-0.05, 0) is 30.7 Å². The molecule has 0 atom stereocenters. The number of aromatic nitrogens is 3. The van der Waals surface area contributed by atoms with Crippen molar-refractivity contribution in [2.45, 2.75) is 6.92 Å². The number of nitrogens with zero attached hydrogens (tertiary/aromatic N) is 4. The normalized spacial score (nSPS) is 10.2. The first kappa shape index (κ1) is 12.6. The van der Waals surface area contributed by atoms with Crippen molar-refractivity contribution in [2.75, 3.05) is 18.6 Å². The second-order valence-corrected chi connectivity index (χ2v) is 3.81. The van der Waals surface area contributed by atoms with E-state index in [0.29, 0.717) is 12.5 Å². The second-order valence-electron chi connectivity index (χ2n) is 3.47. The van der Waals surface area contributed by atoms with Crippen LogP contribution in [0.5, 0.6) is 6.01 Å². The first-order chi connectivity index (χ1) is 8.74. The van der Waals surface area contributed by atoms with Gasteiger partial charge in [-0.15, -0.1) is 0 Å². The quantitative estimate of drug-likeness (QED) is 0.850. The molecule has 0 N–H and O–H groups in total. The summed E-state index contributed by atoms with van der Waals surface area (Å²) in [6, 6.07) is 10.0. The standard InChI is InChI=1S/C12H13ClN4O/c1-3-17(9-7-5-4-6-8-9)11-14-10(13)15-12(16-11)18-2/h4-8H,3H2,1-2H3.